The number of hydrogen-bond donors (Lipinski definition) is 1. The fraction of sp³-hybridized carbons (Fsp3) is 0.294. The van der Waals surface area contributed by atoms with Crippen molar-refractivity contribution >= 4 is 27.5 Å². The second-order valence-corrected chi connectivity index (χ2v) is 6.45. The molecular formula is C17H19BrClN. The lowest BCUT2D eigenvalue weighted by Gasteiger charge is -2.19. The van der Waals surface area contributed by atoms with Gasteiger partial charge in [-0.05, 0) is 67.8 Å². The van der Waals surface area contributed by atoms with Crippen molar-refractivity contribution in [3.8, 4) is 0 Å². The van der Waals surface area contributed by atoms with Crippen LogP contribution in [0.15, 0.2) is 40.9 Å². The molecular weight excluding hydrogens is 334 g/mol. The van der Waals surface area contributed by atoms with Gasteiger partial charge in [-0.25, -0.2) is 0 Å². The SMILES string of the molecule is CNC(Cc1ccc(Br)cc1)c1cc(C)c(C)cc1Cl. The molecule has 0 saturated heterocycles. The molecule has 0 aliphatic carbocycles. The van der Waals surface area contributed by atoms with Crippen LogP contribution in [0.3, 0.4) is 0 Å². The first kappa shape index (κ1) is 15.6. The van der Waals surface area contributed by atoms with Gasteiger partial charge in [0, 0.05) is 15.5 Å². The highest BCUT2D eigenvalue weighted by Gasteiger charge is 2.14. The van der Waals surface area contributed by atoms with E-state index in [1.165, 1.54) is 22.3 Å². The molecule has 3 heteroatoms. The second-order valence-electron chi connectivity index (χ2n) is 5.13. The van der Waals surface area contributed by atoms with Crippen molar-refractivity contribution in [1.29, 1.82) is 0 Å². The summed E-state index contributed by atoms with van der Waals surface area (Å²) in [6.45, 7) is 4.22. The monoisotopic (exact) mass is 351 g/mol. The number of rotatable bonds is 4. The van der Waals surface area contributed by atoms with Gasteiger partial charge >= 0.3 is 0 Å². The Bertz CT molecular complexity index is 593. The van der Waals surface area contributed by atoms with Crippen molar-refractivity contribution in [3.63, 3.8) is 0 Å². The normalized spacial score (nSPS) is 12.4. The van der Waals surface area contributed by atoms with E-state index in [1.54, 1.807) is 0 Å². The predicted octanol–water partition coefficient (Wildman–Crippen LogP) is 5.22. The number of benzene rings is 2. The summed E-state index contributed by atoms with van der Waals surface area (Å²) in [5.74, 6) is 0. The Hall–Kier alpha value is -0.830. The topological polar surface area (TPSA) is 12.0 Å². The minimum Gasteiger partial charge on any atom is -0.313 e. The number of nitrogens with one attached hydrogen (secondary N) is 1. The van der Waals surface area contributed by atoms with Crippen LogP contribution in [0.25, 0.3) is 0 Å². The minimum atomic E-state index is 0.225. The maximum absolute atomic E-state index is 6.42. The van der Waals surface area contributed by atoms with Gasteiger partial charge < -0.3 is 5.32 Å². The largest absolute Gasteiger partial charge is 0.313 e. The second kappa shape index (κ2) is 6.75. The molecule has 0 aromatic heterocycles. The van der Waals surface area contributed by atoms with Crippen molar-refractivity contribution in [3.05, 3.63) is 68.1 Å². The predicted molar refractivity (Wildman–Crippen MR) is 90.6 cm³/mol. The summed E-state index contributed by atoms with van der Waals surface area (Å²) in [5.41, 5.74) is 4.97. The fourth-order valence-corrected chi connectivity index (χ4v) is 2.91. The van der Waals surface area contributed by atoms with E-state index in [2.05, 4.69) is 71.5 Å². The highest BCUT2D eigenvalue weighted by atomic mass is 79.9. The van der Waals surface area contributed by atoms with Crippen LogP contribution in [0.5, 0.6) is 0 Å². The zero-order valence-corrected chi connectivity index (χ0v) is 14.3. The number of aryl methyl sites for hydroxylation is 2. The van der Waals surface area contributed by atoms with Crippen LogP contribution in [-0.4, -0.2) is 7.05 Å². The summed E-state index contributed by atoms with van der Waals surface area (Å²) in [6, 6.07) is 12.9. The summed E-state index contributed by atoms with van der Waals surface area (Å²) in [6.07, 6.45) is 0.923. The Morgan fingerprint density at radius 3 is 2.30 bits per heavy atom. The van der Waals surface area contributed by atoms with Crippen LogP contribution in [-0.2, 0) is 6.42 Å². The molecule has 0 fully saturated rings. The molecule has 2 rings (SSSR count). The molecule has 1 nitrogen and oxygen atoms in total. The first-order chi connectivity index (χ1) is 9.51. The number of likely N-dealkylation sites (N-methyl/N-ethyl adjacent to an activating group) is 1. The van der Waals surface area contributed by atoms with Gasteiger partial charge in [-0.2, -0.15) is 0 Å². The molecule has 2 aromatic carbocycles. The average Bonchev–Trinajstić information content (AvgIpc) is 2.43. The van der Waals surface area contributed by atoms with Crippen LogP contribution < -0.4 is 5.32 Å². The molecule has 0 spiro atoms. The molecule has 2 aromatic rings. The van der Waals surface area contributed by atoms with Gasteiger partial charge in [0.25, 0.3) is 0 Å². The van der Waals surface area contributed by atoms with E-state index >= 15 is 0 Å². The Morgan fingerprint density at radius 2 is 1.70 bits per heavy atom. The van der Waals surface area contributed by atoms with Crippen LogP contribution in [0.2, 0.25) is 5.02 Å². The van der Waals surface area contributed by atoms with E-state index in [0.29, 0.717) is 0 Å². The third kappa shape index (κ3) is 3.63. The van der Waals surface area contributed by atoms with Gasteiger partial charge in [-0.15, -0.1) is 0 Å². The van der Waals surface area contributed by atoms with Crippen molar-refractivity contribution in [2.24, 2.45) is 0 Å². The average molecular weight is 353 g/mol. The minimum absolute atomic E-state index is 0.225. The molecule has 20 heavy (non-hydrogen) atoms. The van der Waals surface area contributed by atoms with E-state index < -0.39 is 0 Å². The molecule has 1 unspecified atom stereocenters. The van der Waals surface area contributed by atoms with Crippen LogP contribution in [0, 0.1) is 13.8 Å². The maximum atomic E-state index is 6.42. The molecule has 0 heterocycles. The fourth-order valence-electron chi connectivity index (χ4n) is 2.29. The lowest BCUT2D eigenvalue weighted by molar-refractivity contribution is 0.591. The number of halogens is 2. The molecule has 0 saturated carbocycles. The van der Waals surface area contributed by atoms with Gasteiger partial charge in [0.05, 0.1) is 0 Å². The third-order valence-corrected chi connectivity index (χ3v) is 4.55. The van der Waals surface area contributed by atoms with E-state index in [-0.39, 0.29) is 6.04 Å². The van der Waals surface area contributed by atoms with Crippen LogP contribution in [0.1, 0.15) is 28.3 Å². The van der Waals surface area contributed by atoms with Gasteiger partial charge in [0.1, 0.15) is 0 Å². The van der Waals surface area contributed by atoms with Gasteiger partial charge in [-0.3, -0.25) is 0 Å². The molecule has 0 aliphatic heterocycles. The van der Waals surface area contributed by atoms with Crippen LogP contribution in [0.4, 0.5) is 0 Å². The lowest BCUT2D eigenvalue weighted by atomic mass is 9.96. The highest BCUT2D eigenvalue weighted by molar-refractivity contribution is 9.10. The van der Waals surface area contributed by atoms with Gasteiger partial charge in [-0.1, -0.05) is 45.7 Å². The zero-order valence-electron chi connectivity index (χ0n) is 12.0. The quantitative estimate of drug-likeness (QED) is 0.795. The highest BCUT2D eigenvalue weighted by Crippen LogP contribution is 2.28. The van der Waals surface area contributed by atoms with Gasteiger partial charge in [0.2, 0.25) is 0 Å². The van der Waals surface area contributed by atoms with E-state index in [0.717, 1.165) is 15.9 Å². The molecule has 0 aliphatic rings. The third-order valence-electron chi connectivity index (χ3n) is 3.69. The first-order valence-corrected chi connectivity index (χ1v) is 7.86. The Morgan fingerprint density at radius 1 is 1.10 bits per heavy atom. The number of hydrogen-bond acceptors (Lipinski definition) is 1. The first-order valence-electron chi connectivity index (χ1n) is 6.69. The van der Waals surface area contributed by atoms with Crippen molar-refractivity contribution < 1.29 is 0 Å². The smallest absolute Gasteiger partial charge is 0.0456 e. The van der Waals surface area contributed by atoms with E-state index in [1.807, 2.05) is 7.05 Å². The lowest BCUT2D eigenvalue weighted by Crippen LogP contribution is -2.19. The molecule has 0 radical (unpaired) electrons. The zero-order chi connectivity index (χ0) is 14.7. The molecule has 1 N–H and O–H groups in total. The maximum Gasteiger partial charge on any atom is 0.0456 e. The summed E-state index contributed by atoms with van der Waals surface area (Å²) in [5, 5.41) is 4.21. The van der Waals surface area contributed by atoms with Crippen molar-refractivity contribution in [2.75, 3.05) is 7.05 Å². The van der Waals surface area contributed by atoms with Gasteiger partial charge in [0.15, 0.2) is 0 Å². The summed E-state index contributed by atoms with van der Waals surface area (Å²) in [7, 11) is 1.98. The molecule has 0 amide bonds. The van der Waals surface area contributed by atoms with E-state index in [9.17, 15) is 0 Å². The Labute approximate surface area is 134 Å². The van der Waals surface area contributed by atoms with Crippen molar-refractivity contribution in [1.82, 2.24) is 5.32 Å². The summed E-state index contributed by atoms with van der Waals surface area (Å²) >= 11 is 9.88. The Kier molecular flexibility index (Phi) is 5.25. The standard InChI is InChI=1S/C17H19BrClN/c1-11-8-15(16(19)9-12(11)2)17(20-3)10-13-4-6-14(18)7-5-13/h4-9,17,20H,10H2,1-3H3. The molecule has 0 bridgehead atoms. The Balaban J connectivity index is 2.28. The van der Waals surface area contributed by atoms with Crippen LogP contribution >= 0.6 is 27.5 Å². The van der Waals surface area contributed by atoms with E-state index in [4.69, 9.17) is 11.6 Å². The summed E-state index contributed by atoms with van der Waals surface area (Å²) in [4.78, 5) is 0. The summed E-state index contributed by atoms with van der Waals surface area (Å²) < 4.78 is 1.10. The molecule has 106 valence electrons. The van der Waals surface area contributed by atoms with Crippen molar-refractivity contribution in [2.45, 2.75) is 26.3 Å². The molecule has 1 atom stereocenters.